The Balaban J connectivity index is 3.01. The second kappa shape index (κ2) is 5.01. The fourth-order valence-corrected chi connectivity index (χ4v) is 2.45. The first-order valence-electron chi connectivity index (χ1n) is 4.34. The predicted octanol–water partition coefficient (Wildman–Crippen LogP) is 1.34. The van der Waals surface area contributed by atoms with Gasteiger partial charge in [-0.15, -0.1) is 0 Å². The van der Waals surface area contributed by atoms with Crippen LogP contribution in [0.4, 0.5) is 0 Å². The van der Waals surface area contributed by atoms with Crippen molar-refractivity contribution >= 4 is 31.7 Å². The number of hydrogen-bond donors (Lipinski definition) is 0. The van der Waals surface area contributed by atoms with Gasteiger partial charge < -0.3 is 9.15 Å². The Hall–Kier alpha value is -0.820. The zero-order valence-corrected chi connectivity index (χ0v) is 11.2. The molecule has 5 nitrogen and oxygen atoms in total. The molecule has 0 aliphatic carbocycles. The van der Waals surface area contributed by atoms with E-state index in [9.17, 15) is 13.2 Å². The molecule has 0 aliphatic rings. The van der Waals surface area contributed by atoms with Crippen LogP contribution < -0.4 is 0 Å². The highest BCUT2D eigenvalue weighted by Crippen LogP contribution is 2.24. The summed E-state index contributed by atoms with van der Waals surface area (Å²) in [4.78, 5) is 11.4. The molecule has 1 unspecified atom stereocenters. The van der Waals surface area contributed by atoms with E-state index in [4.69, 9.17) is 4.42 Å². The van der Waals surface area contributed by atoms with Crippen molar-refractivity contribution in [1.82, 2.24) is 0 Å². The molecule has 0 fully saturated rings. The first-order valence-corrected chi connectivity index (χ1v) is 7.19. The molecule has 0 saturated carbocycles. The molecule has 1 rings (SSSR count). The zero-order valence-electron chi connectivity index (χ0n) is 8.77. The first kappa shape index (κ1) is 13.2. The molecule has 16 heavy (non-hydrogen) atoms. The van der Waals surface area contributed by atoms with Gasteiger partial charge in [-0.25, -0.2) is 8.42 Å². The molecule has 0 saturated heterocycles. The summed E-state index contributed by atoms with van der Waals surface area (Å²) in [6.45, 7) is 0. The van der Waals surface area contributed by atoms with Gasteiger partial charge in [0.15, 0.2) is 4.67 Å². The molecular formula is C9H11BrO5S. The van der Waals surface area contributed by atoms with Crippen molar-refractivity contribution in [3.63, 3.8) is 0 Å². The highest BCUT2D eigenvalue weighted by molar-refractivity contribution is 9.10. The van der Waals surface area contributed by atoms with Gasteiger partial charge in [-0.1, -0.05) is 0 Å². The lowest BCUT2D eigenvalue weighted by Crippen LogP contribution is -2.22. The molecule has 7 heteroatoms. The molecule has 0 bridgehead atoms. The molecular weight excluding hydrogens is 300 g/mol. The zero-order chi connectivity index (χ0) is 12.3. The predicted molar refractivity (Wildman–Crippen MR) is 60.9 cm³/mol. The summed E-state index contributed by atoms with van der Waals surface area (Å²) in [6, 6.07) is 3.13. The van der Waals surface area contributed by atoms with Crippen LogP contribution in [0.25, 0.3) is 0 Å². The van der Waals surface area contributed by atoms with Gasteiger partial charge in [-0.05, 0) is 28.1 Å². The summed E-state index contributed by atoms with van der Waals surface area (Å²) in [6.07, 6.45) is 1.06. The lowest BCUT2D eigenvalue weighted by molar-refractivity contribution is -0.142. The van der Waals surface area contributed by atoms with Crippen LogP contribution in [-0.4, -0.2) is 33.5 Å². The van der Waals surface area contributed by atoms with E-state index in [2.05, 4.69) is 20.7 Å². The fraction of sp³-hybridized carbons (Fsp3) is 0.444. The van der Waals surface area contributed by atoms with E-state index in [0.29, 0.717) is 4.67 Å². The molecule has 0 amide bonds. The largest absolute Gasteiger partial charge is 0.468 e. The third-order valence-corrected chi connectivity index (χ3v) is 3.26. The second-order valence-electron chi connectivity index (χ2n) is 3.31. The first-order chi connectivity index (χ1) is 7.33. The van der Waals surface area contributed by atoms with E-state index < -0.39 is 21.7 Å². The van der Waals surface area contributed by atoms with E-state index >= 15 is 0 Å². The van der Waals surface area contributed by atoms with E-state index in [1.165, 1.54) is 13.2 Å². The Bertz CT molecular complexity index is 476. The van der Waals surface area contributed by atoms with Crippen LogP contribution >= 0.6 is 15.9 Å². The molecule has 90 valence electrons. The second-order valence-corrected chi connectivity index (χ2v) is 6.28. The van der Waals surface area contributed by atoms with Crippen LogP contribution in [0, 0.1) is 0 Å². The molecule has 0 aromatic carbocycles. The Morgan fingerprint density at radius 3 is 2.56 bits per heavy atom. The SMILES string of the molecule is COC(=O)C(CS(C)(=O)=O)c1ccc(Br)o1. The van der Waals surface area contributed by atoms with Gasteiger partial charge in [0.05, 0.1) is 12.9 Å². The van der Waals surface area contributed by atoms with Crippen LogP contribution in [0.15, 0.2) is 21.2 Å². The number of rotatable bonds is 4. The third-order valence-electron chi connectivity index (χ3n) is 1.89. The van der Waals surface area contributed by atoms with E-state index in [0.717, 1.165) is 6.26 Å². The van der Waals surface area contributed by atoms with Gasteiger partial charge in [-0.2, -0.15) is 0 Å². The third kappa shape index (κ3) is 3.64. The summed E-state index contributed by atoms with van der Waals surface area (Å²) >= 11 is 3.08. The van der Waals surface area contributed by atoms with Crippen LogP contribution in [0.3, 0.4) is 0 Å². The minimum Gasteiger partial charge on any atom is -0.468 e. The molecule has 0 spiro atoms. The number of halogens is 1. The number of carbonyl (C=O) groups is 1. The molecule has 1 atom stereocenters. The Morgan fingerprint density at radius 1 is 1.56 bits per heavy atom. The van der Waals surface area contributed by atoms with Crippen molar-refractivity contribution in [2.45, 2.75) is 5.92 Å². The smallest absolute Gasteiger partial charge is 0.317 e. The number of esters is 1. The van der Waals surface area contributed by atoms with Gasteiger partial charge in [0.1, 0.15) is 21.5 Å². The summed E-state index contributed by atoms with van der Waals surface area (Å²) < 4.78 is 32.5. The molecule has 0 aliphatic heterocycles. The van der Waals surface area contributed by atoms with E-state index in [1.807, 2.05) is 0 Å². The lowest BCUT2D eigenvalue weighted by Gasteiger charge is -2.10. The normalized spacial score (nSPS) is 13.4. The van der Waals surface area contributed by atoms with Crippen molar-refractivity contribution in [1.29, 1.82) is 0 Å². The maximum Gasteiger partial charge on any atom is 0.317 e. The Morgan fingerprint density at radius 2 is 2.19 bits per heavy atom. The summed E-state index contributed by atoms with van der Waals surface area (Å²) in [5, 5.41) is 0. The van der Waals surface area contributed by atoms with Crippen molar-refractivity contribution in [2.24, 2.45) is 0 Å². The minimum atomic E-state index is -3.29. The number of sulfone groups is 1. The average Bonchev–Trinajstić information content (AvgIpc) is 2.58. The van der Waals surface area contributed by atoms with Gasteiger partial charge in [0, 0.05) is 6.26 Å². The van der Waals surface area contributed by atoms with Gasteiger partial charge in [0.25, 0.3) is 0 Å². The van der Waals surface area contributed by atoms with Crippen molar-refractivity contribution in [2.75, 3.05) is 19.1 Å². The lowest BCUT2D eigenvalue weighted by atomic mass is 10.1. The number of ether oxygens (including phenoxy) is 1. The summed E-state index contributed by atoms with van der Waals surface area (Å²) in [7, 11) is -2.09. The molecule has 1 aromatic rings. The Labute approximate surface area is 102 Å². The van der Waals surface area contributed by atoms with E-state index in [1.54, 1.807) is 6.07 Å². The molecule has 0 N–H and O–H groups in total. The molecule has 0 radical (unpaired) electrons. The van der Waals surface area contributed by atoms with Gasteiger partial charge >= 0.3 is 5.97 Å². The van der Waals surface area contributed by atoms with Crippen molar-refractivity contribution in [3.8, 4) is 0 Å². The van der Waals surface area contributed by atoms with Crippen LogP contribution in [0.5, 0.6) is 0 Å². The number of methoxy groups -OCH3 is 1. The van der Waals surface area contributed by atoms with Crippen LogP contribution in [0.2, 0.25) is 0 Å². The van der Waals surface area contributed by atoms with Crippen molar-refractivity contribution < 1.29 is 22.4 Å². The van der Waals surface area contributed by atoms with Crippen LogP contribution in [0.1, 0.15) is 11.7 Å². The Kier molecular flexibility index (Phi) is 4.15. The average molecular weight is 311 g/mol. The summed E-state index contributed by atoms with van der Waals surface area (Å²) in [5.41, 5.74) is 0. The topological polar surface area (TPSA) is 73.6 Å². The number of carbonyl (C=O) groups excluding carboxylic acids is 1. The monoisotopic (exact) mass is 310 g/mol. The highest BCUT2D eigenvalue weighted by atomic mass is 79.9. The summed E-state index contributed by atoms with van der Waals surface area (Å²) in [5.74, 6) is -1.62. The fourth-order valence-electron chi connectivity index (χ4n) is 1.23. The molecule has 1 heterocycles. The van der Waals surface area contributed by atoms with Gasteiger partial charge in [-0.3, -0.25) is 4.79 Å². The minimum absolute atomic E-state index is 0.268. The van der Waals surface area contributed by atoms with Gasteiger partial charge in [0.2, 0.25) is 0 Å². The van der Waals surface area contributed by atoms with E-state index in [-0.39, 0.29) is 11.5 Å². The van der Waals surface area contributed by atoms with Crippen molar-refractivity contribution in [3.05, 3.63) is 22.6 Å². The quantitative estimate of drug-likeness (QED) is 0.785. The molecule has 1 aromatic heterocycles. The highest BCUT2D eigenvalue weighted by Gasteiger charge is 2.28. The standard InChI is InChI=1S/C9H11BrO5S/c1-14-9(11)6(5-16(2,12)13)7-3-4-8(10)15-7/h3-4,6H,5H2,1-2H3. The number of hydrogen-bond acceptors (Lipinski definition) is 5. The van der Waals surface area contributed by atoms with Crippen LogP contribution in [-0.2, 0) is 19.4 Å². The maximum absolute atomic E-state index is 11.4. The maximum atomic E-state index is 11.4. The number of furan rings is 1.